The normalized spacial score (nSPS) is 8.79. The van der Waals surface area contributed by atoms with Crippen LogP contribution in [0, 0.1) is 0 Å². The summed E-state index contributed by atoms with van der Waals surface area (Å²) in [5.74, 6) is 0.694. The van der Waals surface area contributed by atoms with E-state index in [0.717, 1.165) is 12.8 Å². The molecule has 0 unspecified atom stereocenters. The predicted octanol–water partition coefficient (Wildman–Crippen LogP) is 1.79. The number of rotatable bonds is 4. The van der Waals surface area contributed by atoms with Gasteiger partial charge in [-0.1, -0.05) is 31.5 Å². The lowest BCUT2D eigenvalue weighted by Gasteiger charge is -1.98. The summed E-state index contributed by atoms with van der Waals surface area (Å²) < 4.78 is 4.76. The summed E-state index contributed by atoms with van der Waals surface area (Å²) >= 11 is 0. The fraction of sp³-hybridized carbons (Fsp3) is 0.455. The van der Waals surface area contributed by atoms with Crippen LogP contribution in [0.4, 0.5) is 0 Å². The zero-order valence-electron chi connectivity index (χ0n) is 8.52. The molecule has 0 heterocycles. The molecule has 1 aromatic rings. The molecule has 3 heteroatoms. The Morgan fingerprint density at radius 3 is 2.14 bits per heavy atom. The van der Waals surface area contributed by atoms with Crippen LogP contribution in [0.2, 0.25) is 0 Å². The first-order valence-electron chi connectivity index (χ1n) is 4.74. The van der Waals surface area contributed by atoms with Crippen molar-refractivity contribution in [3.8, 4) is 5.75 Å². The Labute approximate surface area is 85.0 Å². The number of benzene rings is 1. The van der Waals surface area contributed by atoms with Gasteiger partial charge < -0.3 is 14.9 Å². The molecule has 1 rings (SSSR count). The molecule has 1 aromatic carbocycles. The minimum atomic E-state index is -0.260. The molecule has 80 valence electrons. The Morgan fingerprint density at radius 1 is 1.14 bits per heavy atom. The third-order valence-electron chi connectivity index (χ3n) is 1.49. The van der Waals surface area contributed by atoms with Crippen LogP contribution < -0.4 is 4.74 Å². The molecule has 0 aliphatic carbocycles. The first-order chi connectivity index (χ1) is 6.85. The van der Waals surface area contributed by atoms with Crippen LogP contribution >= 0.6 is 0 Å². The molecule has 0 aliphatic heterocycles. The molecule has 0 spiro atoms. The van der Waals surface area contributed by atoms with E-state index in [1.165, 1.54) is 0 Å². The maximum Gasteiger partial charge on any atom is 0.186 e. The van der Waals surface area contributed by atoms with Crippen LogP contribution in [0.15, 0.2) is 30.3 Å². The van der Waals surface area contributed by atoms with E-state index in [1.807, 2.05) is 18.2 Å². The molecule has 3 nitrogen and oxygen atoms in total. The smallest absolute Gasteiger partial charge is 0.186 e. The SMILES string of the molecule is CCCCO.OCOc1ccccc1. The Morgan fingerprint density at radius 2 is 1.79 bits per heavy atom. The highest BCUT2D eigenvalue weighted by Gasteiger charge is 1.84. The first-order valence-corrected chi connectivity index (χ1v) is 4.74. The maximum absolute atomic E-state index is 8.30. The number of hydrogen-bond donors (Lipinski definition) is 2. The summed E-state index contributed by atoms with van der Waals surface area (Å²) in [6, 6.07) is 9.17. The lowest BCUT2D eigenvalue weighted by Crippen LogP contribution is -1.93. The number of aliphatic hydroxyl groups is 2. The van der Waals surface area contributed by atoms with E-state index in [9.17, 15) is 0 Å². The highest BCUT2D eigenvalue weighted by Crippen LogP contribution is 2.06. The summed E-state index contributed by atoms with van der Waals surface area (Å²) in [4.78, 5) is 0. The number of ether oxygens (including phenoxy) is 1. The molecule has 0 atom stereocenters. The second-order valence-corrected chi connectivity index (χ2v) is 2.66. The van der Waals surface area contributed by atoms with Crippen LogP contribution in [0.5, 0.6) is 5.75 Å². The minimum absolute atomic E-state index is 0.260. The van der Waals surface area contributed by atoms with Crippen LogP contribution in [0.1, 0.15) is 19.8 Å². The van der Waals surface area contributed by atoms with Crippen molar-refractivity contribution >= 4 is 0 Å². The first kappa shape index (κ1) is 12.9. The van der Waals surface area contributed by atoms with Crippen molar-refractivity contribution in [3.05, 3.63) is 30.3 Å². The molecule has 0 aromatic heterocycles. The topological polar surface area (TPSA) is 49.7 Å². The Hall–Kier alpha value is -1.06. The minimum Gasteiger partial charge on any atom is -0.468 e. The molecule has 0 radical (unpaired) electrons. The van der Waals surface area contributed by atoms with Crippen molar-refractivity contribution < 1.29 is 14.9 Å². The van der Waals surface area contributed by atoms with Crippen molar-refractivity contribution in [2.24, 2.45) is 0 Å². The van der Waals surface area contributed by atoms with Crippen molar-refractivity contribution in [1.82, 2.24) is 0 Å². The van der Waals surface area contributed by atoms with Crippen LogP contribution in [0.3, 0.4) is 0 Å². The van der Waals surface area contributed by atoms with Gasteiger partial charge in [0.15, 0.2) is 6.79 Å². The van der Waals surface area contributed by atoms with Crippen LogP contribution in [-0.2, 0) is 0 Å². The lowest BCUT2D eigenvalue weighted by molar-refractivity contribution is 0.0985. The van der Waals surface area contributed by atoms with Crippen LogP contribution in [0.25, 0.3) is 0 Å². The average Bonchev–Trinajstić information content (AvgIpc) is 2.22. The molecule has 0 bridgehead atoms. The number of unbranched alkanes of at least 4 members (excludes halogenated alkanes) is 1. The number of para-hydroxylation sites is 1. The zero-order chi connectivity index (χ0) is 10.6. The van der Waals surface area contributed by atoms with Gasteiger partial charge in [-0.3, -0.25) is 0 Å². The third kappa shape index (κ3) is 7.58. The maximum atomic E-state index is 8.30. The highest BCUT2D eigenvalue weighted by atomic mass is 16.6. The molecule has 14 heavy (non-hydrogen) atoms. The van der Waals surface area contributed by atoms with Gasteiger partial charge in [-0.05, 0) is 18.6 Å². The van der Waals surface area contributed by atoms with Gasteiger partial charge in [0, 0.05) is 6.61 Å². The molecule has 0 aliphatic rings. The van der Waals surface area contributed by atoms with Crippen LogP contribution in [-0.4, -0.2) is 23.6 Å². The van der Waals surface area contributed by atoms with Crippen molar-refractivity contribution in [3.63, 3.8) is 0 Å². The largest absolute Gasteiger partial charge is 0.468 e. The van der Waals surface area contributed by atoms with Gasteiger partial charge >= 0.3 is 0 Å². The molecule has 0 saturated heterocycles. The summed E-state index contributed by atoms with van der Waals surface area (Å²) in [6.07, 6.45) is 2.04. The fourth-order valence-corrected chi connectivity index (χ4v) is 0.749. The monoisotopic (exact) mass is 198 g/mol. The van der Waals surface area contributed by atoms with Crippen molar-refractivity contribution in [1.29, 1.82) is 0 Å². The molecule has 2 N–H and O–H groups in total. The van der Waals surface area contributed by atoms with Gasteiger partial charge in [-0.15, -0.1) is 0 Å². The predicted molar refractivity (Wildman–Crippen MR) is 56.1 cm³/mol. The van der Waals surface area contributed by atoms with Gasteiger partial charge in [0.1, 0.15) is 5.75 Å². The Bertz CT molecular complexity index is 197. The number of hydrogen-bond acceptors (Lipinski definition) is 3. The Kier molecular flexibility index (Phi) is 9.26. The van der Waals surface area contributed by atoms with Gasteiger partial charge in [-0.2, -0.15) is 0 Å². The second kappa shape index (κ2) is 10.0. The van der Waals surface area contributed by atoms with Crippen molar-refractivity contribution in [2.45, 2.75) is 19.8 Å². The van der Waals surface area contributed by atoms with Gasteiger partial charge in [0.05, 0.1) is 0 Å². The van der Waals surface area contributed by atoms with E-state index in [1.54, 1.807) is 12.1 Å². The number of aliphatic hydroxyl groups excluding tert-OH is 2. The zero-order valence-corrected chi connectivity index (χ0v) is 8.52. The van der Waals surface area contributed by atoms with E-state index >= 15 is 0 Å². The molecular weight excluding hydrogens is 180 g/mol. The summed E-state index contributed by atoms with van der Waals surface area (Å²) in [7, 11) is 0. The fourth-order valence-electron chi connectivity index (χ4n) is 0.749. The lowest BCUT2D eigenvalue weighted by atomic mass is 10.3. The molecule has 0 saturated carbocycles. The molecular formula is C11H18O3. The van der Waals surface area contributed by atoms with Gasteiger partial charge in [0.2, 0.25) is 0 Å². The van der Waals surface area contributed by atoms with E-state index in [-0.39, 0.29) is 6.79 Å². The highest BCUT2D eigenvalue weighted by molar-refractivity contribution is 5.20. The van der Waals surface area contributed by atoms with E-state index in [0.29, 0.717) is 12.4 Å². The van der Waals surface area contributed by atoms with Crippen molar-refractivity contribution in [2.75, 3.05) is 13.4 Å². The standard InChI is InChI=1S/C7H8O2.C4H10O/c8-6-9-7-4-2-1-3-5-7;1-2-3-4-5/h1-5,8H,6H2;5H,2-4H2,1H3. The van der Waals surface area contributed by atoms with E-state index < -0.39 is 0 Å². The molecule has 0 amide bonds. The van der Waals surface area contributed by atoms with Gasteiger partial charge in [0.25, 0.3) is 0 Å². The third-order valence-corrected chi connectivity index (χ3v) is 1.49. The summed E-state index contributed by atoms with van der Waals surface area (Å²) in [5, 5.41) is 16.4. The quantitative estimate of drug-likeness (QED) is 0.725. The second-order valence-electron chi connectivity index (χ2n) is 2.66. The Balaban J connectivity index is 0.000000292. The van der Waals surface area contributed by atoms with E-state index in [4.69, 9.17) is 14.9 Å². The van der Waals surface area contributed by atoms with E-state index in [2.05, 4.69) is 6.92 Å². The molecule has 0 fully saturated rings. The average molecular weight is 198 g/mol. The van der Waals surface area contributed by atoms with Gasteiger partial charge in [-0.25, -0.2) is 0 Å². The summed E-state index contributed by atoms with van der Waals surface area (Å²) in [5.41, 5.74) is 0. The summed E-state index contributed by atoms with van der Waals surface area (Å²) in [6.45, 7) is 2.14.